The SMILES string of the molecule is C=C/C=C(\C)c1cn2c(n1)sc1cc(C)ccc12. The molecule has 0 spiro atoms. The molecule has 0 saturated heterocycles. The topological polar surface area (TPSA) is 17.3 Å². The first-order chi connectivity index (χ1) is 8.69. The summed E-state index contributed by atoms with van der Waals surface area (Å²) >= 11 is 1.73. The average Bonchev–Trinajstić information content (AvgIpc) is 2.85. The van der Waals surface area contributed by atoms with Gasteiger partial charge in [0.1, 0.15) is 0 Å². The number of imidazole rings is 1. The average molecular weight is 254 g/mol. The van der Waals surface area contributed by atoms with Crippen LogP contribution in [0, 0.1) is 6.92 Å². The first-order valence-electron chi connectivity index (χ1n) is 5.87. The molecule has 0 fully saturated rings. The lowest BCUT2D eigenvalue weighted by Gasteiger charge is -1.94. The van der Waals surface area contributed by atoms with Crippen molar-refractivity contribution in [1.29, 1.82) is 0 Å². The molecule has 0 amide bonds. The number of rotatable bonds is 2. The number of nitrogens with zero attached hydrogens (tertiary/aromatic N) is 2. The molecule has 2 aromatic heterocycles. The van der Waals surface area contributed by atoms with Crippen LogP contribution in [0.1, 0.15) is 18.2 Å². The van der Waals surface area contributed by atoms with E-state index in [2.05, 4.69) is 54.2 Å². The van der Waals surface area contributed by atoms with Gasteiger partial charge >= 0.3 is 0 Å². The number of thiazole rings is 1. The maximum Gasteiger partial charge on any atom is 0.195 e. The van der Waals surface area contributed by atoms with Crippen LogP contribution in [0.3, 0.4) is 0 Å². The quantitative estimate of drug-likeness (QED) is 0.618. The minimum atomic E-state index is 1.02. The summed E-state index contributed by atoms with van der Waals surface area (Å²) in [6.07, 6.45) is 5.88. The Kier molecular flexibility index (Phi) is 2.56. The molecular weight excluding hydrogens is 240 g/mol. The van der Waals surface area contributed by atoms with Crippen LogP contribution >= 0.6 is 11.3 Å². The Bertz CT molecular complexity index is 774. The molecular formula is C15H14N2S. The van der Waals surface area contributed by atoms with E-state index >= 15 is 0 Å². The fraction of sp³-hybridized carbons (Fsp3) is 0.133. The molecule has 0 unspecified atom stereocenters. The van der Waals surface area contributed by atoms with Gasteiger partial charge in [0.25, 0.3) is 0 Å². The lowest BCUT2D eigenvalue weighted by atomic mass is 10.2. The van der Waals surface area contributed by atoms with E-state index in [1.54, 1.807) is 17.4 Å². The van der Waals surface area contributed by atoms with Crippen molar-refractivity contribution in [1.82, 2.24) is 9.38 Å². The Labute approximate surface area is 110 Å². The van der Waals surface area contributed by atoms with E-state index in [1.165, 1.54) is 15.8 Å². The molecule has 0 saturated carbocycles. The van der Waals surface area contributed by atoms with Gasteiger partial charge in [-0.2, -0.15) is 0 Å². The van der Waals surface area contributed by atoms with Crippen molar-refractivity contribution < 1.29 is 0 Å². The van der Waals surface area contributed by atoms with Crippen LogP contribution in [-0.2, 0) is 0 Å². The molecule has 1 aromatic carbocycles. The van der Waals surface area contributed by atoms with E-state index in [9.17, 15) is 0 Å². The number of hydrogen-bond acceptors (Lipinski definition) is 2. The largest absolute Gasteiger partial charge is 0.290 e. The zero-order chi connectivity index (χ0) is 12.7. The van der Waals surface area contributed by atoms with Gasteiger partial charge in [0, 0.05) is 6.20 Å². The number of hydrogen-bond donors (Lipinski definition) is 0. The zero-order valence-electron chi connectivity index (χ0n) is 10.5. The molecule has 90 valence electrons. The second-order valence-corrected chi connectivity index (χ2v) is 5.45. The number of aromatic nitrogens is 2. The highest BCUT2D eigenvalue weighted by Gasteiger charge is 2.09. The van der Waals surface area contributed by atoms with E-state index in [1.807, 2.05) is 6.08 Å². The van der Waals surface area contributed by atoms with Crippen molar-refractivity contribution in [3.05, 3.63) is 54.4 Å². The van der Waals surface area contributed by atoms with Gasteiger partial charge in [-0.1, -0.05) is 36.1 Å². The molecule has 0 aliphatic rings. The third-order valence-corrected chi connectivity index (χ3v) is 4.04. The van der Waals surface area contributed by atoms with Crippen molar-refractivity contribution in [2.24, 2.45) is 0 Å². The first kappa shape index (κ1) is 11.2. The second kappa shape index (κ2) is 4.10. The van der Waals surface area contributed by atoms with Gasteiger partial charge in [0.2, 0.25) is 0 Å². The molecule has 2 nitrogen and oxygen atoms in total. The molecule has 0 radical (unpaired) electrons. The molecule has 0 aliphatic heterocycles. The summed E-state index contributed by atoms with van der Waals surface area (Å²) < 4.78 is 3.45. The van der Waals surface area contributed by atoms with Crippen LogP contribution in [0.5, 0.6) is 0 Å². The Balaban J connectivity index is 2.25. The Hall–Kier alpha value is -1.87. The summed E-state index contributed by atoms with van der Waals surface area (Å²) in [6, 6.07) is 6.51. The molecule has 3 aromatic rings. The highest BCUT2D eigenvalue weighted by Crippen LogP contribution is 2.28. The van der Waals surface area contributed by atoms with Gasteiger partial charge in [-0.15, -0.1) is 0 Å². The van der Waals surface area contributed by atoms with E-state index < -0.39 is 0 Å². The predicted molar refractivity (Wildman–Crippen MR) is 79.2 cm³/mol. The van der Waals surface area contributed by atoms with Crippen LogP contribution in [0.15, 0.2) is 43.1 Å². The van der Waals surface area contributed by atoms with Gasteiger partial charge in [-0.05, 0) is 37.1 Å². The summed E-state index contributed by atoms with van der Waals surface area (Å²) in [7, 11) is 0. The Morgan fingerprint density at radius 2 is 2.28 bits per heavy atom. The first-order valence-corrected chi connectivity index (χ1v) is 6.68. The molecule has 0 N–H and O–H groups in total. The highest BCUT2D eigenvalue weighted by atomic mass is 32.1. The highest BCUT2D eigenvalue weighted by molar-refractivity contribution is 7.23. The maximum atomic E-state index is 4.66. The molecule has 2 heterocycles. The van der Waals surface area contributed by atoms with Gasteiger partial charge in [0.05, 0.1) is 15.9 Å². The van der Waals surface area contributed by atoms with Gasteiger partial charge in [-0.25, -0.2) is 4.98 Å². The van der Waals surface area contributed by atoms with Crippen LogP contribution in [-0.4, -0.2) is 9.38 Å². The number of allylic oxidation sites excluding steroid dienone is 3. The van der Waals surface area contributed by atoms with Crippen molar-refractivity contribution in [2.45, 2.75) is 13.8 Å². The summed E-state index contributed by atoms with van der Waals surface area (Å²) in [6.45, 7) is 7.89. The Morgan fingerprint density at radius 3 is 3.06 bits per heavy atom. The summed E-state index contributed by atoms with van der Waals surface area (Å²) in [5.41, 5.74) is 4.67. The molecule has 0 bridgehead atoms. The van der Waals surface area contributed by atoms with Crippen molar-refractivity contribution in [2.75, 3.05) is 0 Å². The van der Waals surface area contributed by atoms with Gasteiger partial charge in [0.15, 0.2) is 4.96 Å². The maximum absolute atomic E-state index is 4.66. The fourth-order valence-corrected chi connectivity index (χ4v) is 3.17. The molecule has 0 atom stereocenters. The van der Waals surface area contributed by atoms with Crippen molar-refractivity contribution in [3.8, 4) is 0 Å². The molecule has 18 heavy (non-hydrogen) atoms. The van der Waals surface area contributed by atoms with Gasteiger partial charge < -0.3 is 0 Å². The third-order valence-electron chi connectivity index (χ3n) is 3.02. The fourth-order valence-electron chi connectivity index (χ4n) is 2.06. The lowest BCUT2D eigenvalue weighted by molar-refractivity contribution is 1.29. The third kappa shape index (κ3) is 1.68. The number of fused-ring (bicyclic) bond motifs is 3. The van der Waals surface area contributed by atoms with Crippen LogP contribution in [0.25, 0.3) is 20.8 Å². The number of aryl methyl sites for hydroxylation is 1. The summed E-state index contributed by atoms with van der Waals surface area (Å²) in [4.78, 5) is 5.71. The van der Waals surface area contributed by atoms with Crippen LogP contribution in [0.4, 0.5) is 0 Å². The van der Waals surface area contributed by atoms with E-state index in [0.717, 1.165) is 16.2 Å². The molecule has 3 heteroatoms. The molecule has 3 rings (SSSR count). The molecule has 0 aliphatic carbocycles. The minimum absolute atomic E-state index is 1.02. The van der Waals surface area contributed by atoms with E-state index in [0.29, 0.717) is 0 Å². The normalized spacial score (nSPS) is 12.4. The van der Waals surface area contributed by atoms with Crippen molar-refractivity contribution >= 4 is 32.1 Å². The standard InChI is InChI=1S/C15H14N2S/c1-4-5-11(3)12-9-17-13-7-6-10(2)8-14(13)18-15(17)16-12/h4-9H,1H2,2-3H3/b11-5+. The smallest absolute Gasteiger partial charge is 0.195 e. The number of benzene rings is 1. The van der Waals surface area contributed by atoms with Gasteiger partial charge in [-0.3, -0.25) is 4.40 Å². The lowest BCUT2D eigenvalue weighted by Crippen LogP contribution is -1.79. The zero-order valence-corrected chi connectivity index (χ0v) is 11.3. The summed E-state index contributed by atoms with van der Waals surface area (Å²) in [5, 5.41) is 0. The van der Waals surface area contributed by atoms with E-state index in [-0.39, 0.29) is 0 Å². The van der Waals surface area contributed by atoms with Crippen LogP contribution < -0.4 is 0 Å². The monoisotopic (exact) mass is 254 g/mol. The van der Waals surface area contributed by atoms with E-state index in [4.69, 9.17) is 0 Å². The van der Waals surface area contributed by atoms with Crippen molar-refractivity contribution in [3.63, 3.8) is 0 Å². The van der Waals surface area contributed by atoms with Crippen LogP contribution in [0.2, 0.25) is 0 Å². The minimum Gasteiger partial charge on any atom is -0.290 e. The second-order valence-electron chi connectivity index (χ2n) is 4.44. The predicted octanol–water partition coefficient (Wildman–Crippen LogP) is 4.45. The Morgan fingerprint density at radius 1 is 1.44 bits per heavy atom. The summed E-state index contributed by atoms with van der Waals surface area (Å²) in [5.74, 6) is 0.